The monoisotopic (exact) mass is 355 g/mol. The number of benzene rings is 1. The molecule has 0 radical (unpaired) electrons. The number of thiazole rings is 1. The van der Waals surface area contributed by atoms with E-state index in [1.807, 2.05) is 12.1 Å². The van der Waals surface area contributed by atoms with E-state index in [1.54, 1.807) is 29.2 Å². The second kappa shape index (κ2) is 6.26. The van der Waals surface area contributed by atoms with Gasteiger partial charge in [-0.25, -0.2) is 4.98 Å². The Labute approximate surface area is 151 Å². The number of hydrogen-bond donors (Lipinski definition) is 1. The highest BCUT2D eigenvalue weighted by Gasteiger charge is 2.24. The van der Waals surface area contributed by atoms with Gasteiger partial charge < -0.3 is 4.90 Å². The Balaban J connectivity index is 1.52. The Morgan fingerprint density at radius 1 is 1.32 bits per heavy atom. The highest BCUT2D eigenvalue weighted by molar-refractivity contribution is 7.15. The number of rotatable bonds is 2. The van der Waals surface area contributed by atoms with Crippen molar-refractivity contribution < 1.29 is 9.59 Å². The molecule has 1 unspecified atom stereocenters. The maximum absolute atomic E-state index is 12.6. The van der Waals surface area contributed by atoms with Gasteiger partial charge in [-0.05, 0) is 55.4 Å². The summed E-state index contributed by atoms with van der Waals surface area (Å²) in [5.74, 6) is 0.596. The van der Waals surface area contributed by atoms with Crippen molar-refractivity contribution in [1.29, 1.82) is 0 Å². The normalized spacial score (nSPS) is 18.6. The van der Waals surface area contributed by atoms with Gasteiger partial charge >= 0.3 is 0 Å². The number of carbonyl (C=O) groups excluding carboxylic acids is 2. The molecular weight excluding hydrogens is 334 g/mol. The first-order valence-electron chi connectivity index (χ1n) is 8.72. The quantitative estimate of drug-likeness (QED) is 0.898. The number of nitrogens with zero attached hydrogens (tertiary/aromatic N) is 2. The van der Waals surface area contributed by atoms with E-state index >= 15 is 0 Å². The lowest BCUT2D eigenvalue weighted by Crippen LogP contribution is -2.25. The maximum atomic E-state index is 12.6. The summed E-state index contributed by atoms with van der Waals surface area (Å²) < 4.78 is 0. The predicted octanol–water partition coefficient (Wildman–Crippen LogP) is 3.43. The van der Waals surface area contributed by atoms with Crippen LogP contribution >= 0.6 is 11.3 Å². The summed E-state index contributed by atoms with van der Waals surface area (Å²) in [5.41, 5.74) is 3.73. The molecule has 1 aromatic carbocycles. The van der Waals surface area contributed by atoms with Crippen molar-refractivity contribution in [1.82, 2.24) is 4.98 Å². The minimum atomic E-state index is -0.136. The minimum Gasteiger partial charge on any atom is -0.312 e. The van der Waals surface area contributed by atoms with Gasteiger partial charge in [-0.2, -0.15) is 0 Å². The molecule has 1 N–H and O–H groups in total. The molecule has 0 saturated carbocycles. The van der Waals surface area contributed by atoms with Crippen molar-refractivity contribution in [2.45, 2.75) is 39.5 Å². The van der Waals surface area contributed by atoms with E-state index in [0.717, 1.165) is 36.2 Å². The van der Waals surface area contributed by atoms with Crippen molar-refractivity contribution >= 4 is 34.0 Å². The molecular formula is C19H21N3O2S. The molecule has 0 saturated heterocycles. The van der Waals surface area contributed by atoms with Gasteiger partial charge in [0.2, 0.25) is 5.91 Å². The van der Waals surface area contributed by atoms with Crippen LogP contribution in [-0.2, 0) is 24.1 Å². The number of anilines is 2. The van der Waals surface area contributed by atoms with Crippen molar-refractivity contribution in [3.05, 3.63) is 39.9 Å². The second-order valence-electron chi connectivity index (χ2n) is 6.96. The standard InChI is InChI=1S/C19H21N3O2S/c1-11-3-5-15-17(9-11)25-19(20-15)21-18(24)14-4-6-16-13(10-14)7-8-22(16)12(2)23/h4,6,10-11H,3,5,7-9H2,1-2H3,(H,20,21,24). The van der Waals surface area contributed by atoms with Gasteiger partial charge in [0, 0.05) is 29.6 Å². The van der Waals surface area contributed by atoms with Crippen LogP contribution in [0.5, 0.6) is 0 Å². The molecule has 4 rings (SSSR count). The zero-order valence-electron chi connectivity index (χ0n) is 14.5. The third-order valence-electron chi connectivity index (χ3n) is 5.02. The molecule has 2 amide bonds. The fraction of sp³-hybridized carbons (Fsp3) is 0.421. The SMILES string of the molecule is CC(=O)N1CCc2cc(C(=O)Nc3nc4c(s3)CC(C)CC4)ccc21. The zero-order chi connectivity index (χ0) is 17.6. The van der Waals surface area contributed by atoms with E-state index in [2.05, 4.69) is 17.2 Å². The van der Waals surface area contributed by atoms with Crippen LogP contribution in [0, 0.1) is 5.92 Å². The lowest BCUT2D eigenvalue weighted by Gasteiger charge is -2.15. The highest BCUT2D eigenvalue weighted by atomic mass is 32.1. The molecule has 0 fully saturated rings. The largest absolute Gasteiger partial charge is 0.312 e. The maximum Gasteiger partial charge on any atom is 0.257 e. The predicted molar refractivity (Wildman–Crippen MR) is 99.4 cm³/mol. The lowest BCUT2D eigenvalue weighted by molar-refractivity contribution is -0.116. The summed E-state index contributed by atoms with van der Waals surface area (Å²) in [5, 5.41) is 3.63. The smallest absolute Gasteiger partial charge is 0.257 e. The summed E-state index contributed by atoms with van der Waals surface area (Å²) in [6, 6.07) is 5.54. The number of carbonyl (C=O) groups is 2. The molecule has 130 valence electrons. The number of amides is 2. The molecule has 1 atom stereocenters. The average Bonchev–Trinajstić information content (AvgIpc) is 3.16. The Bertz CT molecular complexity index is 858. The first-order valence-corrected chi connectivity index (χ1v) is 9.54. The van der Waals surface area contributed by atoms with Crippen LogP contribution in [0.4, 0.5) is 10.8 Å². The van der Waals surface area contributed by atoms with Gasteiger partial charge in [-0.15, -0.1) is 11.3 Å². The third kappa shape index (κ3) is 3.06. The third-order valence-corrected chi connectivity index (χ3v) is 6.06. The van der Waals surface area contributed by atoms with Crippen LogP contribution in [0.2, 0.25) is 0 Å². The summed E-state index contributed by atoms with van der Waals surface area (Å²) in [4.78, 5) is 31.9. The van der Waals surface area contributed by atoms with Gasteiger partial charge in [0.15, 0.2) is 5.13 Å². The molecule has 2 aromatic rings. The minimum absolute atomic E-state index is 0.0403. The van der Waals surface area contributed by atoms with E-state index in [-0.39, 0.29) is 11.8 Å². The topological polar surface area (TPSA) is 62.3 Å². The number of nitrogens with one attached hydrogen (secondary N) is 1. The first-order chi connectivity index (χ1) is 12.0. The van der Waals surface area contributed by atoms with Gasteiger partial charge in [0.25, 0.3) is 5.91 Å². The molecule has 1 aliphatic carbocycles. The van der Waals surface area contributed by atoms with E-state index in [9.17, 15) is 9.59 Å². The number of hydrogen-bond acceptors (Lipinski definition) is 4. The van der Waals surface area contributed by atoms with Crippen molar-refractivity contribution in [3.63, 3.8) is 0 Å². The average molecular weight is 355 g/mol. The van der Waals surface area contributed by atoms with Crippen LogP contribution in [0.3, 0.4) is 0 Å². The fourth-order valence-electron chi connectivity index (χ4n) is 3.63. The molecule has 6 heteroatoms. The van der Waals surface area contributed by atoms with Crippen LogP contribution in [-0.4, -0.2) is 23.3 Å². The van der Waals surface area contributed by atoms with Gasteiger partial charge in [0.1, 0.15) is 0 Å². The van der Waals surface area contributed by atoms with E-state index in [0.29, 0.717) is 23.2 Å². The summed E-state index contributed by atoms with van der Waals surface area (Å²) >= 11 is 1.60. The van der Waals surface area contributed by atoms with Crippen molar-refractivity contribution in [2.24, 2.45) is 5.92 Å². The van der Waals surface area contributed by atoms with Gasteiger partial charge in [0.05, 0.1) is 5.69 Å². The molecule has 0 bridgehead atoms. The molecule has 5 nitrogen and oxygen atoms in total. The summed E-state index contributed by atoms with van der Waals surface area (Å²) in [6.07, 6.45) is 4.02. The number of fused-ring (bicyclic) bond motifs is 2. The van der Waals surface area contributed by atoms with E-state index in [4.69, 9.17) is 0 Å². The molecule has 25 heavy (non-hydrogen) atoms. The fourth-order valence-corrected chi connectivity index (χ4v) is 4.80. The van der Waals surface area contributed by atoms with E-state index in [1.165, 1.54) is 11.3 Å². The molecule has 0 spiro atoms. The summed E-state index contributed by atoms with van der Waals surface area (Å²) in [7, 11) is 0. The van der Waals surface area contributed by atoms with Crippen LogP contribution in [0.25, 0.3) is 0 Å². The Kier molecular flexibility index (Phi) is 4.07. The molecule has 2 heterocycles. The molecule has 1 aliphatic heterocycles. The van der Waals surface area contributed by atoms with Crippen LogP contribution < -0.4 is 10.2 Å². The van der Waals surface area contributed by atoms with Crippen molar-refractivity contribution in [3.8, 4) is 0 Å². The van der Waals surface area contributed by atoms with Crippen molar-refractivity contribution in [2.75, 3.05) is 16.8 Å². The molecule has 1 aromatic heterocycles. The van der Waals surface area contributed by atoms with Gasteiger partial charge in [-0.1, -0.05) is 6.92 Å². The Hall–Kier alpha value is -2.21. The lowest BCUT2D eigenvalue weighted by atomic mass is 9.93. The van der Waals surface area contributed by atoms with E-state index < -0.39 is 0 Å². The first kappa shape index (κ1) is 16.3. The Morgan fingerprint density at radius 3 is 2.96 bits per heavy atom. The highest BCUT2D eigenvalue weighted by Crippen LogP contribution is 2.33. The van der Waals surface area contributed by atoms with Crippen LogP contribution in [0.15, 0.2) is 18.2 Å². The second-order valence-corrected chi connectivity index (χ2v) is 8.04. The zero-order valence-corrected chi connectivity index (χ0v) is 15.3. The number of aromatic nitrogens is 1. The number of aryl methyl sites for hydroxylation is 1. The molecule has 2 aliphatic rings. The summed E-state index contributed by atoms with van der Waals surface area (Å²) in [6.45, 7) is 4.52. The van der Waals surface area contributed by atoms with Crippen LogP contribution in [0.1, 0.15) is 46.8 Å². The van der Waals surface area contributed by atoms with Gasteiger partial charge in [-0.3, -0.25) is 14.9 Å². The Morgan fingerprint density at radius 2 is 2.16 bits per heavy atom.